The number of hydrogen-bond donors (Lipinski definition) is 2. The standard InChI is InChI=1S/C18H15ClF2N2O2/c1-10-5-6-11(9-12(10)19)22-16(24)18(7-8-18)17(25)23-15-13(20)3-2-4-14(15)21/h2-6,9H,7-8H2,1H3,(H,22,24)(H,23,25). The SMILES string of the molecule is Cc1ccc(NC(=O)C2(C(=O)Nc3c(F)cccc3F)CC2)cc1Cl. The highest BCUT2D eigenvalue weighted by Gasteiger charge is 2.56. The quantitative estimate of drug-likeness (QED) is 0.795. The fourth-order valence-corrected chi connectivity index (χ4v) is 2.63. The second-order valence-electron chi connectivity index (χ2n) is 6.05. The van der Waals surface area contributed by atoms with E-state index in [9.17, 15) is 18.4 Å². The molecule has 0 bridgehead atoms. The van der Waals surface area contributed by atoms with E-state index in [0.29, 0.717) is 23.6 Å². The first kappa shape index (κ1) is 17.4. The van der Waals surface area contributed by atoms with Crippen LogP contribution in [0.25, 0.3) is 0 Å². The van der Waals surface area contributed by atoms with Crippen molar-refractivity contribution in [1.29, 1.82) is 0 Å². The molecule has 1 aliphatic rings. The van der Waals surface area contributed by atoms with Gasteiger partial charge >= 0.3 is 0 Å². The van der Waals surface area contributed by atoms with Crippen LogP contribution in [0.5, 0.6) is 0 Å². The molecule has 1 aliphatic carbocycles. The molecule has 2 N–H and O–H groups in total. The topological polar surface area (TPSA) is 58.2 Å². The lowest BCUT2D eigenvalue weighted by Crippen LogP contribution is -2.36. The summed E-state index contributed by atoms with van der Waals surface area (Å²) in [7, 11) is 0. The predicted octanol–water partition coefficient (Wildman–Crippen LogP) is 4.28. The second kappa shape index (κ2) is 6.44. The van der Waals surface area contributed by atoms with Gasteiger partial charge in [0.1, 0.15) is 22.7 Å². The molecule has 0 spiro atoms. The first-order chi connectivity index (χ1) is 11.8. The predicted molar refractivity (Wildman–Crippen MR) is 91.5 cm³/mol. The molecule has 0 atom stereocenters. The highest BCUT2D eigenvalue weighted by atomic mass is 35.5. The fourth-order valence-electron chi connectivity index (χ4n) is 2.45. The molecule has 4 nitrogen and oxygen atoms in total. The number of anilines is 2. The van der Waals surface area contributed by atoms with Crippen molar-refractivity contribution in [3.05, 3.63) is 58.6 Å². The maximum Gasteiger partial charge on any atom is 0.240 e. The molecule has 1 saturated carbocycles. The fraction of sp³-hybridized carbons (Fsp3) is 0.222. The van der Waals surface area contributed by atoms with Crippen LogP contribution in [0.3, 0.4) is 0 Å². The van der Waals surface area contributed by atoms with Gasteiger partial charge in [0.25, 0.3) is 0 Å². The lowest BCUT2D eigenvalue weighted by atomic mass is 10.0. The molecular weight excluding hydrogens is 350 g/mol. The number of para-hydroxylation sites is 1. The molecular formula is C18H15ClF2N2O2. The van der Waals surface area contributed by atoms with Crippen molar-refractivity contribution in [3.63, 3.8) is 0 Å². The van der Waals surface area contributed by atoms with E-state index in [4.69, 9.17) is 11.6 Å². The largest absolute Gasteiger partial charge is 0.325 e. The van der Waals surface area contributed by atoms with E-state index in [2.05, 4.69) is 10.6 Å². The molecule has 0 unspecified atom stereocenters. The zero-order valence-corrected chi connectivity index (χ0v) is 14.1. The lowest BCUT2D eigenvalue weighted by molar-refractivity contribution is -0.131. The number of halogens is 3. The number of aryl methyl sites for hydroxylation is 1. The number of hydrogen-bond acceptors (Lipinski definition) is 2. The molecule has 2 aromatic carbocycles. The van der Waals surface area contributed by atoms with Crippen molar-refractivity contribution in [2.45, 2.75) is 19.8 Å². The zero-order valence-electron chi connectivity index (χ0n) is 13.3. The lowest BCUT2D eigenvalue weighted by Gasteiger charge is -2.16. The summed E-state index contributed by atoms with van der Waals surface area (Å²) in [6.07, 6.45) is 0.612. The van der Waals surface area contributed by atoms with Gasteiger partial charge in [0.15, 0.2) is 0 Å². The Morgan fingerprint density at radius 2 is 1.64 bits per heavy atom. The maximum absolute atomic E-state index is 13.7. The third-order valence-electron chi connectivity index (χ3n) is 4.25. The molecule has 0 radical (unpaired) electrons. The first-order valence-corrected chi connectivity index (χ1v) is 8.04. The van der Waals surface area contributed by atoms with Gasteiger partial charge in [-0.05, 0) is 49.6 Å². The summed E-state index contributed by atoms with van der Waals surface area (Å²) in [6.45, 7) is 1.83. The third kappa shape index (κ3) is 3.35. The highest BCUT2D eigenvalue weighted by molar-refractivity contribution is 6.31. The number of carbonyl (C=O) groups excluding carboxylic acids is 2. The van der Waals surface area contributed by atoms with Crippen molar-refractivity contribution in [3.8, 4) is 0 Å². The Hall–Kier alpha value is -2.47. The van der Waals surface area contributed by atoms with Crippen LogP contribution in [0.15, 0.2) is 36.4 Å². The third-order valence-corrected chi connectivity index (χ3v) is 4.66. The molecule has 0 aromatic heterocycles. The van der Waals surface area contributed by atoms with Crippen molar-refractivity contribution < 1.29 is 18.4 Å². The average Bonchev–Trinajstić information content (AvgIpc) is 3.36. The normalized spacial score (nSPS) is 14.7. The molecule has 130 valence electrons. The van der Waals surface area contributed by atoms with Gasteiger partial charge in [-0.1, -0.05) is 23.7 Å². The van der Waals surface area contributed by atoms with Crippen LogP contribution in [0, 0.1) is 24.0 Å². The van der Waals surface area contributed by atoms with Gasteiger partial charge in [0.05, 0.1) is 0 Å². The molecule has 3 rings (SSSR count). The molecule has 0 heterocycles. The molecule has 0 aliphatic heterocycles. The number of nitrogens with one attached hydrogen (secondary N) is 2. The van der Waals surface area contributed by atoms with Gasteiger partial charge in [-0.15, -0.1) is 0 Å². The van der Waals surface area contributed by atoms with E-state index in [1.54, 1.807) is 18.2 Å². The summed E-state index contributed by atoms with van der Waals surface area (Å²) in [5, 5.41) is 5.32. The Kier molecular flexibility index (Phi) is 4.47. The molecule has 1 fully saturated rings. The minimum absolute atomic E-state index is 0.306. The molecule has 2 aromatic rings. The van der Waals surface area contributed by atoms with E-state index < -0.39 is 34.6 Å². The number of rotatable bonds is 4. The van der Waals surface area contributed by atoms with Crippen LogP contribution >= 0.6 is 11.6 Å². The van der Waals surface area contributed by atoms with Crippen LogP contribution in [-0.2, 0) is 9.59 Å². The van der Waals surface area contributed by atoms with Crippen LogP contribution in [-0.4, -0.2) is 11.8 Å². The first-order valence-electron chi connectivity index (χ1n) is 7.66. The summed E-state index contributed by atoms with van der Waals surface area (Å²) in [4.78, 5) is 24.9. The number of carbonyl (C=O) groups is 2. The molecule has 7 heteroatoms. The van der Waals surface area contributed by atoms with Gasteiger partial charge < -0.3 is 10.6 Å². The summed E-state index contributed by atoms with van der Waals surface area (Å²) >= 11 is 6.02. The number of amides is 2. The summed E-state index contributed by atoms with van der Waals surface area (Å²) in [5.74, 6) is -3.04. The Bertz CT molecular complexity index is 846. The van der Waals surface area contributed by atoms with Gasteiger partial charge in [-0.25, -0.2) is 8.78 Å². The summed E-state index contributed by atoms with van der Waals surface area (Å²) < 4.78 is 27.4. The van der Waals surface area contributed by atoms with Gasteiger partial charge in [-0.2, -0.15) is 0 Å². The highest BCUT2D eigenvalue weighted by Crippen LogP contribution is 2.47. The van der Waals surface area contributed by atoms with Crippen LogP contribution in [0.2, 0.25) is 5.02 Å². The second-order valence-corrected chi connectivity index (χ2v) is 6.46. The van der Waals surface area contributed by atoms with Crippen molar-refractivity contribution >= 4 is 34.8 Å². The van der Waals surface area contributed by atoms with E-state index in [-0.39, 0.29) is 0 Å². The minimum atomic E-state index is -1.33. The van der Waals surface area contributed by atoms with Crippen molar-refractivity contribution in [1.82, 2.24) is 0 Å². The van der Waals surface area contributed by atoms with Crippen LogP contribution in [0.4, 0.5) is 20.2 Å². The minimum Gasteiger partial charge on any atom is -0.325 e. The monoisotopic (exact) mass is 364 g/mol. The molecule has 2 amide bonds. The Morgan fingerprint density at radius 1 is 1.04 bits per heavy atom. The van der Waals surface area contributed by atoms with Gasteiger partial charge in [-0.3, -0.25) is 9.59 Å². The molecule has 0 saturated heterocycles. The van der Waals surface area contributed by atoms with Crippen molar-refractivity contribution in [2.75, 3.05) is 10.6 Å². The average molecular weight is 365 g/mol. The van der Waals surface area contributed by atoms with E-state index in [0.717, 1.165) is 17.7 Å². The van der Waals surface area contributed by atoms with E-state index >= 15 is 0 Å². The van der Waals surface area contributed by atoms with Gasteiger partial charge in [0.2, 0.25) is 11.8 Å². The van der Waals surface area contributed by atoms with Crippen LogP contribution in [0.1, 0.15) is 18.4 Å². The Balaban J connectivity index is 1.76. The number of benzene rings is 2. The van der Waals surface area contributed by atoms with Crippen LogP contribution < -0.4 is 10.6 Å². The Labute approximate surface area is 148 Å². The summed E-state index contributed by atoms with van der Waals surface area (Å²) in [5.41, 5.74) is -0.568. The smallest absolute Gasteiger partial charge is 0.240 e. The van der Waals surface area contributed by atoms with Gasteiger partial charge in [0, 0.05) is 10.7 Å². The summed E-state index contributed by atoms with van der Waals surface area (Å²) in [6, 6.07) is 8.26. The Morgan fingerprint density at radius 3 is 2.20 bits per heavy atom. The molecule has 25 heavy (non-hydrogen) atoms. The van der Waals surface area contributed by atoms with E-state index in [1.165, 1.54) is 6.07 Å². The van der Waals surface area contributed by atoms with Crippen molar-refractivity contribution in [2.24, 2.45) is 5.41 Å². The maximum atomic E-state index is 13.7. The van der Waals surface area contributed by atoms with E-state index in [1.807, 2.05) is 6.92 Å². The zero-order chi connectivity index (χ0) is 18.2.